The van der Waals surface area contributed by atoms with Crippen molar-refractivity contribution in [2.24, 2.45) is 23.7 Å². The van der Waals surface area contributed by atoms with Crippen LogP contribution < -0.4 is 0 Å². The first-order valence-corrected chi connectivity index (χ1v) is 8.83. The third-order valence-corrected chi connectivity index (χ3v) is 8.05. The van der Waals surface area contributed by atoms with Crippen molar-refractivity contribution >= 4 is 11.8 Å². The van der Waals surface area contributed by atoms with Crippen molar-refractivity contribution in [3.05, 3.63) is 0 Å². The predicted molar refractivity (Wildman–Crippen MR) is 74.3 cm³/mol. The summed E-state index contributed by atoms with van der Waals surface area (Å²) >= 11 is 2.11. The van der Waals surface area contributed by atoms with Gasteiger partial charge in [-0.05, 0) is 32.6 Å². The first-order chi connectivity index (χ1) is 9.08. The maximum atomic E-state index is 6.59. The van der Waals surface area contributed by atoms with Gasteiger partial charge in [-0.25, -0.2) is 0 Å². The SMILES string of the molecule is CCCCN1C2SC3OC4(C)OC1(C)C1C2CC3C14. The van der Waals surface area contributed by atoms with Crippen LogP contribution in [0.4, 0.5) is 0 Å². The molecule has 1 aliphatic carbocycles. The standard InChI is InChI=1S/C15H23NO2S/c1-4-5-6-16-12-8-7-9-11-10(8)14(16,2)18-15(11,3)17-13(9)19-12/h8-13H,4-7H2,1-3H3. The molecule has 3 nitrogen and oxygen atoms in total. The number of nitrogens with zero attached hydrogens (tertiary/aromatic N) is 1. The Morgan fingerprint density at radius 2 is 2.11 bits per heavy atom. The Labute approximate surface area is 119 Å². The first-order valence-electron chi connectivity index (χ1n) is 7.89. The van der Waals surface area contributed by atoms with Crippen molar-refractivity contribution in [2.75, 3.05) is 6.54 Å². The van der Waals surface area contributed by atoms with Gasteiger partial charge >= 0.3 is 0 Å². The molecule has 0 N–H and O–H groups in total. The molecule has 0 radical (unpaired) electrons. The van der Waals surface area contributed by atoms with Gasteiger partial charge in [0.05, 0.1) is 5.37 Å². The maximum absolute atomic E-state index is 6.59. The van der Waals surface area contributed by atoms with Gasteiger partial charge in [0.25, 0.3) is 0 Å². The van der Waals surface area contributed by atoms with E-state index in [0.29, 0.717) is 22.6 Å². The Kier molecular flexibility index (Phi) is 2.08. The summed E-state index contributed by atoms with van der Waals surface area (Å²) in [4.78, 5) is 2.69. The van der Waals surface area contributed by atoms with E-state index in [-0.39, 0.29) is 11.5 Å². The number of unbranched alkanes of at least 4 members (excludes halogenated alkanes) is 1. The molecule has 5 rings (SSSR count). The van der Waals surface area contributed by atoms with Crippen molar-refractivity contribution in [3.63, 3.8) is 0 Å². The van der Waals surface area contributed by atoms with Crippen molar-refractivity contribution in [1.29, 1.82) is 0 Å². The Hall–Kier alpha value is 0.230. The van der Waals surface area contributed by atoms with Crippen LogP contribution in [0.15, 0.2) is 0 Å². The van der Waals surface area contributed by atoms with Gasteiger partial charge in [-0.1, -0.05) is 13.3 Å². The molecule has 4 saturated heterocycles. The summed E-state index contributed by atoms with van der Waals surface area (Å²) in [5.74, 6) is 2.67. The molecule has 106 valence electrons. The average molecular weight is 281 g/mol. The highest BCUT2D eigenvalue weighted by molar-refractivity contribution is 8.00. The van der Waals surface area contributed by atoms with Crippen LogP contribution in [0.2, 0.25) is 0 Å². The molecule has 4 heteroatoms. The zero-order chi connectivity index (χ0) is 13.0. The summed E-state index contributed by atoms with van der Waals surface area (Å²) in [6.07, 6.45) is 3.93. The fraction of sp³-hybridized carbons (Fsp3) is 1.00. The van der Waals surface area contributed by atoms with Crippen LogP contribution in [0.25, 0.3) is 0 Å². The molecule has 2 bridgehead atoms. The molecular formula is C15H23NO2S. The second-order valence-corrected chi connectivity index (χ2v) is 8.57. The highest BCUT2D eigenvalue weighted by atomic mass is 32.2. The van der Waals surface area contributed by atoms with Crippen LogP contribution in [0.1, 0.15) is 40.0 Å². The van der Waals surface area contributed by atoms with E-state index in [1.165, 1.54) is 25.8 Å². The minimum Gasteiger partial charge on any atom is -0.336 e. The summed E-state index contributed by atoms with van der Waals surface area (Å²) in [6, 6.07) is 0. The van der Waals surface area contributed by atoms with Crippen molar-refractivity contribution in [2.45, 2.75) is 62.4 Å². The number of thioether (sulfide) groups is 1. The number of hydrogen-bond donors (Lipinski definition) is 0. The summed E-state index contributed by atoms with van der Waals surface area (Å²) in [5, 5.41) is 0.651. The lowest BCUT2D eigenvalue weighted by Gasteiger charge is -2.44. The summed E-state index contributed by atoms with van der Waals surface area (Å²) in [5.41, 5.74) is 0.340. The number of rotatable bonds is 3. The van der Waals surface area contributed by atoms with Gasteiger partial charge in [0.15, 0.2) is 5.79 Å². The number of hydrogen-bond acceptors (Lipinski definition) is 4. The lowest BCUT2D eigenvalue weighted by atomic mass is 9.83. The quantitative estimate of drug-likeness (QED) is 0.793. The van der Waals surface area contributed by atoms with Gasteiger partial charge in [0.1, 0.15) is 11.2 Å². The average Bonchev–Trinajstić information content (AvgIpc) is 2.95. The normalized spacial score (nSPS) is 64.6. The third kappa shape index (κ3) is 1.13. The van der Waals surface area contributed by atoms with E-state index in [1.54, 1.807) is 0 Å². The first kappa shape index (κ1) is 11.8. The lowest BCUT2D eigenvalue weighted by molar-refractivity contribution is -0.267. The Morgan fingerprint density at radius 3 is 2.89 bits per heavy atom. The molecule has 19 heavy (non-hydrogen) atoms. The van der Waals surface area contributed by atoms with Gasteiger partial charge in [-0.15, -0.1) is 11.8 Å². The van der Waals surface area contributed by atoms with Crippen molar-refractivity contribution < 1.29 is 9.47 Å². The molecule has 0 aromatic rings. The maximum Gasteiger partial charge on any atom is 0.173 e. The molecule has 0 aromatic heterocycles. The van der Waals surface area contributed by atoms with Crippen molar-refractivity contribution in [1.82, 2.24) is 4.90 Å². The molecule has 0 aromatic carbocycles. The highest BCUT2D eigenvalue weighted by Gasteiger charge is 2.80. The van der Waals surface area contributed by atoms with Gasteiger partial charge < -0.3 is 9.47 Å². The van der Waals surface area contributed by atoms with E-state index in [1.807, 2.05) is 0 Å². The third-order valence-electron chi connectivity index (χ3n) is 6.46. The van der Waals surface area contributed by atoms with E-state index in [4.69, 9.17) is 9.47 Å². The molecular weight excluding hydrogens is 258 g/mol. The lowest BCUT2D eigenvalue weighted by Crippen LogP contribution is -2.52. The molecule has 1 saturated carbocycles. The van der Waals surface area contributed by atoms with E-state index in [2.05, 4.69) is 37.4 Å². The number of likely N-dealkylation sites (tertiary alicyclic amines) is 1. The zero-order valence-electron chi connectivity index (χ0n) is 12.0. The van der Waals surface area contributed by atoms with Gasteiger partial charge in [-0.2, -0.15) is 0 Å². The monoisotopic (exact) mass is 281 g/mol. The van der Waals surface area contributed by atoms with Crippen molar-refractivity contribution in [3.8, 4) is 0 Å². The molecule has 0 amide bonds. The van der Waals surface area contributed by atoms with Crippen LogP contribution in [0, 0.1) is 23.7 Å². The minimum absolute atomic E-state index is 0.0585. The van der Waals surface area contributed by atoms with Crippen LogP contribution in [0.3, 0.4) is 0 Å². The van der Waals surface area contributed by atoms with E-state index >= 15 is 0 Å². The molecule has 0 spiro atoms. The van der Waals surface area contributed by atoms with E-state index < -0.39 is 0 Å². The smallest absolute Gasteiger partial charge is 0.173 e. The Bertz CT molecular complexity index is 446. The van der Waals surface area contributed by atoms with Gasteiger partial charge in [-0.3, -0.25) is 4.90 Å². The van der Waals surface area contributed by atoms with Crippen LogP contribution in [-0.4, -0.2) is 33.8 Å². The second-order valence-electron chi connectivity index (χ2n) is 7.35. The molecule has 5 fully saturated rings. The molecule has 5 aliphatic rings. The Morgan fingerprint density at radius 1 is 1.26 bits per heavy atom. The Balaban J connectivity index is 1.61. The van der Waals surface area contributed by atoms with Crippen LogP contribution in [0.5, 0.6) is 0 Å². The fourth-order valence-electron chi connectivity index (χ4n) is 5.98. The fourth-order valence-corrected chi connectivity index (χ4v) is 7.93. The van der Waals surface area contributed by atoms with E-state index in [0.717, 1.165) is 11.8 Å². The topological polar surface area (TPSA) is 21.7 Å². The van der Waals surface area contributed by atoms with Gasteiger partial charge in [0, 0.05) is 24.3 Å². The molecule has 8 atom stereocenters. The summed E-state index contributed by atoms with van der Waals surface area (Å²) < 4.78 is 12.9. The zero-order valence-corrected chi connectivity index (χ0v) is 12.8. The predicted octanol–water partition coefficient (Wildman–Crippen LogP) is 2.86. The molecule has 8 unspecified atom stereocenters. The summed E-state index contributed by atoms with van der Waals surface area (Å²) in [7, 11) is 0. The molecule has 4 aliphatic heterocycles. The largest absolute Gasteiger partial charge is 0.336 e. The van der Waals surface area contributed by atoms with Crippen LogP contribution in [-0.2, 0) is 9.47 Å². The summed E-state index contributed by atoms with van der Waals surface area (Å²) in [6.45, 7) is 8.02. The number of ether oxygens (including phenoxy) is 2. The highest BCUT2D eigenvalue weighted by Crippen LogP contribution is 2.75. The van der Waals surface area contributed by atoms with E-state index in [9.17, 15) is 0 Å². The minimum atomic E-state index is -0.299. The second kappa shape index (κ2) is 3.34. The van der Waals surface area contributed by atoms with Crippen LogP contribution >= 0.6 is 11.8 Å². The molecule has 4 heterocycles. The van der Waals surface area contributed by atoms with Gasteiger partial charge in [0.2, 0.25) is 0 Å².